The quantitative estimate of drug-likeness (QED) is 0.0515. The Morgan fingerprint density at radius 2 is 1.50 bits per heavy atom. The predicted molar refractivity (Wildman–Crippen MR) is 118 cm³/mol. The highest BCUT2D eigenvalue weighted by atomic mass is 35.6. The highest BCUT2D eigenvalue weighted by Gasteiger charge is 2.55. The third-order valence-corrected chi connectivity index (χ3v) is 4.90. The fourth-order valence-corrected chi connectivity index (χ4v) is 2.79. The van der Waals surface area contributed by atoms with E-state index in [0.29, 0.717) is 5.56 Å². The van der Waals surface area contributed by atoms with Crippen LogP contribution in [0, 0.1) is 5.41 Å². The van der Waals surface area contributed by atoms with Gasteiger partial charge in [-0.2, -0.15) is 9.88 Å². The fourth-order valence-electron chi connectivity index (χ4n) is 2.66. The number of halogens is 5. The fraction of sp³-hybridized carbons (Fsp3) is 0.333. The largest absolute Gasteiger partial charge is 0.466 e. The van der Waals surface area contributed by atoms with Gasteiger partial charge in [-0.15, -0.1) is 0 Å². The van der Waals surface area contributed by atoms with Crippen LogP contribution in [0.1, 0.15) is 11.1 Å². The smallest absolute Gasteiger partial charge is 0.283 e. The molecule has 1 N–H and O–H groups in total. The molecule has 0 aliphatic heterocycles. The normalized spacial score (nSPS) is 15.2. The van der Waals surface area contributed by atoms with E-state index < -0.39 is 40.9 Å². The number of ether oxygens (including phenoxy) is 2. The topological polar surface area (TPSA) is 96.3 Å². The van der Waals surface area contributed by atoms with Crippen molar-refractivity contribution in [3.05, 3.63) is 71.8 Å². The number of benzene rings is 2. The first kappa shape index (κ1) is 28.3. The molecule has 0 spiro atoms. The predicted octanol–water partition coefficient (Wildman–Crippen LogP) is 5.15. The molecular weight excluding hydrogens is 523 g/mol. The standard InChI is InChI=1S/C21H20Cl3F2NO7/c22-21(23,24)19(27)32-18(14-31-30-13-16-9-5-2-6-10-16)20(34-26,17(11-28)33-25)29-12-15-7-3-1-4-8-15/h1-11,17-18,27H,12-14H2/t17-,18+,20-/m0/s1. The first-order valence-electron chi connectivity index (χ1n) is 9.58. The van der Waals surface area contributed by atoms with Crippen molar-refractivity contribution in [1.29, 1.82) is 5.41 Å². The molecule has 0 bridgehead atoms. The van der Waals surface area contributed by atoms with Crippen molar-refractivity contribution in [2.24, 2.45) is 0 Å². The summed E-state index contributed by atoms with van der Waals surface area (Å²) in [4.78, 5) is 29.1. The van der Waals surface area contributed by atoms with Crippen LogP contribution in [0.3, 0.4) is 0 Å². The molecule has 8 nitrogen and oxygen atoms in total. The van der Waals surface area contributed by atoms with Crippen molar-refractivity contribution in [2.75, 3.05) is 6.61 Å². The van der Waals surface area contributed by atoms with Crippen LogP contribution >= 0.6 is 34.8 Å². The number of nitrogens with one attached hydrogen (secondary N) is 1. The Hall–Kier alpha value is -1.89. The van der Waals surface area contributed by atoms with Crippen molar-refractivity contribution in [2.45, 2.75) is 35.0 Å². The van der Waals surface area contributed by atoms with Crippen LogP contribution in [0.4, 0.5) is 9.05 Å². The summed E-state index contributed by atoms with van der Waals surface area (Å²) in [5, 5.41) is 7.82. The van der Waals surface area contributed by atoms with Crippen LogP contribution < -0.4 is 0 Å². The van der Waals surface area contributed by atoms with Gasteiger partial charge in [-0.1, -0.05) is 95.5 Å². The lowest BCUT2D eigenvalue weighted by atomic mass is 10.0. The minimum Gasteiger partial charge on any atom is -0.466 e. The van der Waals surface area contributed by atoms with Gasteiger partial charge in [-0.25, -0.2) is 9.78 Å². The third-order valence-electron chi connectivity index (χ3n) is 4.38. The Morgan fingerprint density at radius 3 is 1.97 bits per heavy atom. The molecule has 2 rings (SSSR count). The summed E-state index contributed by atoms with van der Waals surface area (Å²) in [7, 11) is 0. The summed E-state index contributed by atoms with van der Waals surface area (Å²) in [6.07, 6.45) is -4.41. The Bertz CT molecular complexity index is 893. The molecule has 3 atom stereocenters. The van der Waals surface area contributed by atoms with Crippen molar-refractivity contribution in [1.82, 2.24) is 0 Å². The van der Waals surface area contributed by atoms with Crippen LogP contribution in [-0.4, -0.2) is 40.6 Å². The van der Waals surface area contributed by atoms with E-state index in [0.717, 1.165) is 5.56 Å². The molecule has 0 aliphatic rings. The molecule has 0 fully saturated rings. The first-order valence-corrected chi connectivity index (χ1v) is 10.7. The van der Waals surface area contributed by atoms with Crippen LogP contribution in [0.25, 0.3) is 0 Å². The number of aldehydes is 1. The maximum atomic E-state index is 14.0. The van der Waals surface area contributed by atoms with Gasteiger partial charge in [0.2, 0.25) is 12.0 Å². The third kappa shape index (κ3) is 8.10. The average Bonchev–Trinajstić information content (AvgIpc) is 2.84. The molecule has 186 valence electrons. The van der Waals surface area contributed by atoms with Gasteiger partial charge in [0.25, 0.3) is 9.58 Å². The van der Waals surface area contributed by atoms with Crippen LogP contribution in [-0.2, 0) is 47.1 Å². The summed E-state index contributed by atoms with van der Waals surface area (Å²) in [6, 6.07) is 17.1. The Labute approximate surface area is 208 Å². The van der Waals surface area contributed by atoms with Crippen LogP contribution in [0.5, 0.6) is 0 Å². The van der Waals surface area contributed by atoms with Gasteiger partial charge in [0.1, 0.15) is 13.2 Å². The molecule has 2 aromatic carbocycles. The van der Waals surface area contributed by atoms with Gasteiger partial charge in [0, 0.05) is 0 Å². The second-order valence-corrected chi connectivity index (χ2v) is 8.97. The van der Waals surface area contributed by atoms with Crippen molar-refractivity contribution in [3.63, 3.8) is 0 Å². The number of carbonyl (C=O) groups excluding carboxylic acids is 1. The minimum atomic E-state index is -2.94. The van der Waals surface area contributed by atoms with E-state index in [1.165, 1.54) is 0 Å². The summed E-state index contributed by atoms with van der Waals surface area (Å²) in [6.45, 7) is -1.22. The van der Waals surface area contributed by atoms with Gasteiger partial charge in [0.15, 0.2) is 12.4 Å². The lowest BCUT2D eigenvalue weighted by Gasteiger charge is -2.37. The molecule has 0 amide bonds. The second-order valence-electron chi connectivity index (χ2n) is 6.68. The number of alkyl halides is 3. The van der Waals surface area contributed by atoms with E-state index in [1.54, 1.807) is 60.7 Å². The van der Waals surface area contributed by atoms with E-state index in [4.69, 9.17) is 59.5 Å². The van der Waals surface area contributed by atoms with E-state index in [2.05, 4.69) is 9.88 Å². The maximum Gasteiger partial charge on any atom is 0.283 e. The van der Waals surface area contributed by atoms with Crippen molar-refractivity contribution < 1.29 is 43.0 Å². The molecule has 0 aromatic heterocycles. The molecule has 0 heterocycles. The summed E-state index contributed by atoms with van der Waals surface area (Å²) < 4.78 is 35.5. The molecule has 0 aliphatic carbocycles. The molecule has 0 saturated heterocycles. The summed E-state index contributed by atoms with van der Waals surface area (Å²) >= 11 is 16.9. The van der Waals surface area contributed by atoms with Gasteiger partial charge < -0.3 is 14.3 Å². The number of hydrogen-bond donors (Lipinski definition) is 1. The molecule has 13 heteroatoms. The summed E-state index contributed by atoms with van der Waals surface area (Å²) in [5.74, 6) is -3.97. The summed E-state index contributed by atoms with van der Waals surface area (Å²) in [5.41, 5.74) is 1.21. The van der Waals surface area contributed by atoms with Crippen molar-refractivity contribution >= 4 is 47.0 Å². The zero-order chi connectivity index (χ0) is 25.0. The van der Waals surface area contributed by atoms with E-state index in [9.17, 15) is 13.8 Å². The minimum absolute atomic E-state index is 0.0411. The van der Waals surface area contributed by atoms with Crippen LogP contribution in [0.15, 0.2) is 60.7 Å². The Morgan fingerprint density at radius 1 is 0.941 bits per heavy atom. The lowest BCUT2D eigenvalue weighted by molar-refractivity contribution is -0.430. The molecule has 0 radical (unpaired) electrons. The van der Waals surface area contributed by atoms with E-state index >= 15 is 0 Å². The van der Waals surface area contributed by atoms with Gasteiger partial charge in [-0.3, -0.25) is 5.41 Å². The molecule has 0 unspecified atom stereocenters. The average molecular weight is 543 g/mol. The Balaban J connectivity index is 2.28. The highest BCUT2D eigenvalue weighted by Crippen LogP contribution is 2.34. The number of rotatable bonds is 14. The second kappa shape index (κ2) is 13.9. The maximum absolute atomic E-state index is 14.0. The van der Waals surface area contributed by atoms with E-state index in [1.807, 2.05) is 0 Å². The number of carbonyl (C=O) groups is 1. The van der Waals surface area contributed by atoms with Gasteiger partial charge in [0.05, 0.1) is 6.61 Å². The molecule has 0 saturated carbocycles. The SMILES string of the molecule is N=C(O[C@H](COOCc1ccccc1)[C@](OF)(OCc1ccccc1)[C@H](C=O)OF)C(Cl)(Cl)Cl. The Kier molecular flexibility index (Phi) is 11.6. The lowest BCUT2D eigenvalue weighted by Crippen LogP contribution is -2.59. The molecule has 2 aromatic rings. The zero-order valence-corrected chi connectivity index (χ0v) is 19.6. The van der Waals surface area contributed by atoms with Crippen molar-refractivity contribution in [3.8, 4) is 0 Å². The molecule has 34 heavy (non-hydrogen) atoms. The van der Waals surface area contributed by atoms with Gasteiger partial charge >= 0.3 is 0 Å². The monoisotopic (exact) mass is 541 g/mol. The van der Waals surface area contributed by atoms with Crippen LogP contribution in [0.2, 0.25) is 0 Å². The number of hydrogen-bond acceptors (Lipinski definition) is 8. The first-order chi connectivity index (χ1) is 16.3. The molecular formula is C21H20Cl3F2NO7. The highest BCUT2D eigenvalue weighted by molar-refractivity contribution is 6.76. The zero-order valence-electron chi connectivity index (χ0n) is 17.4. The van der Waals surface area contributed by atoms with Gasteiger partial charge in [-0.05, 0) is 20.2 Å². The van der Waals surface area contributed by atoms with E-state index in [-0.39, 0.29) is 12.9 Å².